The van der Waals surface area contributed by atoms with E-state index in [9.17, 15) is 9.18 Å². The second kappa shape index (κ2) is 7.87. The van der Waals surface area contributed by atoms with E-state index in [0.29, 0.717) is 45.0 Å². The van der Waals surface area contributed by atoms with Crippen molar-refractivity contribution >= 4 is 17.5 Å². The highest BCUT2D eigenvalue weighted by Crippen LogP contribution is 2.18. The minimum atomic E-state index is -0.393. The average Bonchev–Trinajstić information content (AvgIpc) is 2.74. The number of hydrogen-bond donors (Lipinski definition) is 0. The maximum absolute atomic E-state index is 13.3. The molecule has 8 heteroatoms. The first-order valence-electron chi connectivity index (χ1n) is 9.17. The Bertz CT molecular complexity index is 787. The van der Waals surface area contributed by atoms with Crippen LogP contribution in [0.2, 0.25) is 0 Å². The molecule has 1 aromatic carbocycles. The molecule has 7 nitrogen and oxygen atoms in total. The van der Waals surface area contributed by atoms with Crippen molar-refractivity contribution in [3.63, 3.8) is 0 Å². The summed E-state index contributed by atoms with van der Waals surface area (Å²) < 4.78 is 18.7. The fourth-order valence-electron chi connectivity index (χ4n) is 3.39. The quantitative estimate of drug-likeness (QED) is 0.813. The first kappa shape index (κ1) is 17.7. The van der Waals surface area contributed by atoms with Crippen LogP contribution in [0.15, 0.2) is 36.4 Å². The number of hydrogen-bond acceptors (Lipinski definition) is 6. The summed E-state index contributed by atoms with van der Waals surface area (Å²) in [6, 6.07) is 9.79. The molecule has 0 atom stereocenters. The number of carbonyl (C=O) groups is 1. The summed E-state index contributed by atoms with van der Waals surface area (Å²) in [4.78, 5) is 18.5. The number of amides is 1. The topological polar surface area (TPSA) is 61.8 Å². The number of rotatable bonds is 3. The Morgan fingerprint density at radius 2 is 1.52 bits per heavy atom. The standard InChI is InChI=1S/C19H22FN5O2/c20-16-3-1-2-15(14-16)19(26)25-8-6-23(7-9-25)17-4-5-18(22-21-17)24-10-12-27-13-11-24/h1-5,14H,6-13H2. The second-order valence-corrected chi connectivity index (χ2v) is 6.64. The molecule has 4 rings (SSSR count). The third-order valence-electron chi connectivity index (χ3n) is 4.93. The Kier molecular flexibility index (Phi) is 5.15. The highest BCUT2D eigenvalue weighted by molar-refractivity contribution is 5.94. The van der Waals surface area contributed by atoms with E-state index < -0.39 is 5.82 Å². The maximum Gasteiger partial charge on any atom is 0.254 e. The van der Waals surface area contributed by atoms with Crippen molar-refractivity contribution < 1.29 is 13.9 Å². The van der Waals surface area contributed by atoms with Gasteiger partial charge in [-0.05, 0) is 30.3 Å². The molecule has 2 aliphatic heterocycles. The van der Waals surface area contributed by atoms with Gasteiger partial charge in [0.2, 0.25) is 0 Å². The Balaban J connectivity index is 1.35. The van der Waals surface area contributed by atoms with Gasteiger partial charge < -0.3 is 19.4 Å². The van der Waals surface area contributed by atoms with Gasteiger partial charge in [0.05, 0.1) is 13.2 Å². The van der Waals surface area contributed by atoms with Crippen molar-refractivity contribution in [3.8, 4) is 0 Å². The average molecular weight is 371 g/mol. The summed E-state index contributed by atoms with van der Waals surface area (Å²) in [5.41, 5.74) is 0.387. The Morgan fingerprint density at radius 1 is 0.889 bits per heavy atom. The minimum Gasteiger partial charge on any atom is -0.378 e. The van der Waals surface area contributed by atoms with Crippen LogP contribution in [0.4, 0.5) is 16.0 Å². The van der Waals surface area contributed by atoms with E-state index in [1.54, 1.807) is 17.0 Å². The van der Waals surface area contributed by atoms with Crippen LogP contribution in [0.3, 0.4) is 0 Å². The molecule has 0 N–H and O–H groups in total. The number of nitrogens with zero attached hydrogens (tertiary/aromatic N) is 5. The Morgan fingerprint density at radius 3 is 2.11 bits per heavy atom. The molecule has 2 fully saturated rings. The molecule has 0 saturated carbocycles. The zero-order valence-electron chi connectivity index (χ0n) is 15.1. The van der Waals surface area contributed by atoms with Crippen molar-refractivity contribution in [1.29, 1.82) is 0 Å². The third kappa shape index (κ3) is 4.00. The maximum atomic E-state index is 13.3. The molecule has 0 unspecified atom stereocenters. The molecule has 3 heterocycles. The van der Waals surface area contributed by atoms with Crippen LogP contribution in [0.5, 0.6) is 0 Å². The normalized spacial score (nSPS) is 17.9. The molecule has 0 aliphatic carbocycles. The lowest BCUT2D eigenvalue weighted by molar-refractivity contribution is 0.0746. The van der Waals surface area contributed by atoms with Crippen LogP contribution in [0.1, 0.15) is 10.4 Å². The number of piperazine rings is 1. The zero-order chi connectivity index (χ0) is 18.6. The van der Waals surface area contributed by atoms with Gasteiger partial charge in [-0.3, -0.25) is 4.79 Å². The van der Waals surface area contributed by atoms with Gasteiger partial charge in [-0.25, -0.2) is 4.39 Å². The number of carbonyl (C=O) groups excluding carboxylic acids is 1. The number of morpholine rings is 1. The molecule has 1 amide bonds. The molecule has 2 saturated heterocycles. The highest BCUT2D eigenvalue weighted by Gasteiger charge is 2.23. The molecule has 0 bridgehead atoms. The van der Waals surface area contributed by atoms with E-state index in [1.807, 2.05) is 12.1 Å². The summed E-state index contributed by atoms with van der Waals surface area (Å²) in [6.07, 6.45) is 0. The van der Waals surface area contributed by atoms with Crippen LogP contribution in [0.25, 0.3) is 0 Å². The van der Waals surface area contributed by atoms with Gasteiger partial charge >= 0.3 is 0 Å². The smallest absolute Gasteiger partial charge is 0.254 e. The van der Waals surface area contributed by atoms with Crippen LogP contribution < -0.4 is 9.80 Å². The van der Waals surface area contributed by atoms with Gasteiger partial charge in [-0.1, -0.05) is 6.07 Å². The van der Waals surface area contributed by atoms with E-state index >= 15 is 0 Å². The fraction of sp³-hybridized carbons (Fsp3) is 0.421. The number of ether oxygens (including phenoxy) is 1. The van der Waals surface area contributed by atoms with Gasteiger partial charge in [0.25, 0.3) is 5.91 Å². The molecular formula is C19H22FN5O2. The van der Waals surface area contributed by atoms with Crippen molar-refractivity contribution in [2.24, 2.45) is 0 Å². The zero-order valence-corrected chi connectivity index (χ0v) is 15.1. The van der Waals surface area contributed by atoms with E-state index in [4.69, 9.17) is 4.74 Å². The summed E-state index contributed by atoms with van der Waals surface area (Å²) >= 11 is 0. The van der Waals surface area contributed by atoms with E-state index in [1.165, 1.54) is 12.1 Å². The first-order valence-corrected chi connectivity index (χ1v) is 9.17. The highest BCUT2D eigenvalue weighted by atomic mass is 19.1. The van der Waals surface area contributed by atoms with Crippen molar-refractivity contribution in [1.82, 2.24) is 15.1 Å². The van der Waals surface area contributed by atoms with Gasteiger partial charge in [-0.2, -0.15) is 0 Å². The van der Waals surface area contributed by atoms with E-state index in [0.717, 1.165) is 24.7 Å². The lowest BCUT2D eigenvalue weighted by Gasteiger charge is -2.35. The number of anilines is 2. The summed E-state index contributed by atoms with van der Waals surface area (Å²) in [5.74, 6) is 1.14. The minimum absolute atomic E-state index is 0.136. The van der Waals surface area contributed by atoms with Gasteiger partial charge in [-0.15, -0.1) is 10.2 Å². The van der Waals surface area contributed by atoms with Crippen molar-refractivity contribution in [2.45, 2.75) is 0 Å². The fourth-order valence-corrected chi connectivity index (χ4v) is 3.39. The molecule has 142 valence electrons. The van der Waals surface area contributed by atoms with Crippen LogP contribution in [0, 0.1) is 5.82 Å². The Labute approximate surface area is 157 Å². The number of halogens is 1. The van der Waals surface area contributed by atoms with Crippen molar-refractivity contribution in [2.75, 3.05) is 62.3 Å². The summed E-state index contributed by atoms with van der Waals surface area (Å²) in [7, 11) is 0. The number of aromatic nitrogens is 2. The van der Waals surface area contributed by atoms with Crippen LogP contribution in [-0.2, 0) is 4.74 Å². The molecule has 27 heavy (non-hydrogen) atoms. The van der Waals surface area contributed by atoms with Gasteiger partial charge in [0.15, 0.2) is 11.6 Å². The predicted molar refractivity (Wildman–Crippen MR) is 99.6 cm³/mol. The van der Waals surface area contributed by atoms with Crippen LogP contribution in [-0.4, -0.2) is 73.5 Å². The monoisotopic (exact) mass is 371 g/mol. The van der Waals surface area contributed by atoms with Gasteiger partial charge in [0.1, 0.15) is 5.82 Å². The lowest BCUT2D eigenvalue weighted by Crippen LogP contribution is -2.49. The lowest BCUT2D eigenvalue weighted by atomic mass is 10.1. The summed E-state index contributed by atoms with van der Waals surface area (Å²) in [6.45, 7) is 5.57. The largest absolute Gasteiger partial charge is 0.378 e. The molecule has 2 aliphatic rings. The van der Waals surface area contributed by atoms with E-state index in [-0.39, 0.29) is 5.91 Å². The summed E-state index contributed by atoms with van der Waals surface area (Å²) in [5, 5.41) is 8.70. The molecule has 0 radical (unpaired) electrons. The van der Waals surface area contributed by atoms with Gasteiger partial charge in [0, 0.05) is 44.8 Å². The van der Waals surface area contributed by atoms with Crippen molar-refractivity contribution in [3.05, 3.63) is 47.8 Å². The van der Waals surface area contributed by atoms with Crippen LogP contribution >= 0.6 is 0 Å². The molecular weight excluding hydrogens is 349 g/mol. The number of benzene rings is 1. The second-order valence-electron chi connectivity index (χ2n) is 6.64. The first-order chi connectivity index (χ1) is 13.2. The molecule has 1 aromatic heterocycles. The SMILES string of the molecule is O=C(c1cccc(F)c1)N1CCN(c2ccc(N3CCOCC3)nn2)CC1. The Hall–Kier alpha value is -2.74. The molecule has 2 aromatic rings. The predicted octanol–water partition coefficient (Wildman–Crippen LogP) is 1.41. The molecule has 0 spiro atoms. The third-order valence-corrected chi connectivity index (χ3v) is 4.93. The van der Waals surface area contributed by atoms with E-state index in [2.05, 4.69) is 20.0 Å².